The normalized spacial score (nSPS) is 14.3. The highest BCUT2D eigenvalue weighted by atomic mass is 16.5. The number of rotatable bonds is 7. The van der Waals surface area contributed by atoms with E-state index in [4.69, 9.17) is 9.47 Å². The maximum atomic E-state index is 11.9. The Labute approximate surface area is 228 Å². The first-order valence-electron chi connectivity index (χ1n) is 13.3. The SMILES string of the molecule is CC(=O)Oc1c(O)ccc2c1c(C)c(-c1ccc(O)cc1)n2Cc1ccc(OC(C)N2C=CCCCC2)cc1. The van der Waals surface area contributed by atoms with Gasteiger partial charge in [0.05, 0.1) is 11.2 Å². The minimum absolute atomic E-state index is 0.0604. The zero-order valence-electron chi connectivity index (χ0n) is 22.6. The van der Waals surface area contributed by atoms with Gasteiger partial charge in [0, 0.05) is 25.4 Å². The van der Waals surface area contributed by atoms with E-state index in [1.54, 1.807) is 18.2 Å². The molecule has 1 aliphatic heterocycles. The van der Waals surface area contributed by atoms with Crippen LogP contribution >= 0.6 is 0 Å². The fourth-order valence-electron chi connectivity index (χ4n) is 5.26. The molecule has 202 valence electrons. The largest absolute Gasteiger partial charge is 0.508 e. The van der Waals surface area contributed by atoms with Crippen LogP contribution in [0.25, 0.3) is 22.2 Å². The number of fused-ring (bicyclic) bond motifs is 1. The molecule has 0 fully saturated rings. The molecule has 1 aliphatic rings. The number of carbonyl (C=O) groups excluding carboxylic acids is 1. The lowest BCUT2D eigenvalue weighted by molar-refractivity contribution is -0.131. The van der Waals surface area contributed by atoms with Gasteiger partial charge < -0.3 is 29.2 Å². The number of phenols is 2. The number of phenolic OH excluding ortho intramolecular Hbond substituents is 2. The third kappa shape index (κ3) is 5.58. The Kier molecular flexibility index (Phi) is 7.50. The fraction of sp³-hybridized carbons (Fsp3) is 0.281. The van der Waals surface area contributed by atoms with Crippen LogP contribution in [-0.2, 0) is 11.3 Å². The topological polar surface area (TPSA) is 84.2 Å². The first-order valence-corrected chi connectivity index (χ1v) is 13.3. The van der Waals surface area contributed by atoms with Crippen molar-refractivity contribution < 1.29 is 24.5 Å². The summed E-state index contributed by atoms with van der Waals surface area (Å²) in [4.78, 5) is 14.1. The molecule has 1 atom stereocenters. The molecule has 4 aromatic rings. The van der Waals surface area contributed by atoms with Gasteiger partial charge in [-0.05, 0) is 105 Å². The van der Waals surface area contributed by atoms with E-state index in [0.717, 1.165) is 53.0 Å². The summed E-state index contributed by atoms with van der Waals surface area (Å²) in [6.45, 7) is 6.86. The van der Waals surface area contributed by atoms with Crippen molar-refractivity contribution in [2.45, 2.75) is 52.8 Å². The fourth-order valence-corrected chi connectivity index (χ4v) is 5.26. The Morgan fingerprint density at radius 2 is 1.74 bits per heavy atom. The van der Waals surface area contributed by atoms with E-state index in [1.807, 2.05) is 37.3 Å². The number of ether oxygens (including phenoxy) is 2. The third-order valence-corrected chi connectivity index (χ3v) is 7.16. The highest BCUT2D eigenvalue weighted by Crippen LogP contribution is 2.43. The molecule has 0 bridgehead atoms. The average molecular weight is 527 g/mol. The summed E-state index contributed by atoms with van der Waals surface area (Å²) in [5.41, 5.74) is 4.55. The molecular weight excluding hydrogens is 492 g/mol. The summed E-state index contributed by atoms with van der Waals surface area (Å²) in [5.74, 6) is 0.536. The van der Waals surface area contributed by atoms with Gasteiger partial charge >= 0.3 is 5.97 Å². The third-order valence-electron chi connectivity index (χ3n) is 7.16. The van der Waals surface area contributed by atoms with Crippen molar-refractivity contribution in [1.29, 1.82) is 0 Å². The number of aromatic hydroxyl groups is 2. The second-order valence-electron chi connectivity index (χ2n) is 9.99. The molecule has 39 heavy (non-hydrogen) atoms. The van der Waals surface area contributed by atoms with E-state index in [1.165, 1.54) is 13.3 Å². The van der Waals surface area contributed by atoms with Gasteiger partial charge in [0.25, 0.3) is 0 Å². The van der Waals surface area contributed by atoms with Crippen molar-refractivity contribution in [3.8, 4) is 34.3 Å². The molecule has 2 N–H and O–H groups in total. The van der Waals surface area contributed by atoms with Crippen molar-refractivity contribution in [2.24, 2.45) is 0 Å². The maximum absolute atomic E-state index is 11.9. The van der Waals surface area contributed by atoms with Crippen LogP contribution in [0.4, 0.5) is 0 Å². The zero-order chi connectivity index (χ0) is 27.5. The summed E-state index contributed by atoms with van der Waals surface area (Å²) in [7, 11) is 0. The van der Waals surface area contributed by atoms with Gasteiger partial charge in [-0.3, -0.25) is 4.79 Å². The molecule has 0 aliphatic carbocycles. The first-order chi connectivity index (χ1) is 18.8. The molecule has 0 spiro atoms. The molecule has 7 heteroatoms. The lowest BCUT2D eigenvalue weighted by Crippen LogP contribution is -2.33. The van der Waals surface area contributed by atoms with E-state index in [0.29, 0.717) is 11.9 Å². The molecule has 2 heterocycles. The van der Waals surface area contributed by atoms with Gasteiger partial charge in [-0.15, -0.1) is 0 Å². The van der Waals surface area contributed by atoms with Crippen LogP contribution in [0, 0.1) is 6.92 Å². The predicted molar refractivity (Wildman–Crippen MR) is 152 cm³/mol. The molecule has 0 radical (unpaired) electrons. The Bertz CT molecular complexity index is 1500. The van der Waals surface area contributed by atoms with E-state index < -0.39 is 5.97 Å². The van der Waals surface area contributed by atoms with Crippen LogP contribution in [0.5, 0.6) is 23.0 Å². The molecule has 0 saturated heterocycles. The highest BCUT2D eigenvalue weighted by molar-refractivity contribution is 5.99. The number of aromatic nitrogens is 1. The van der Waals surface area contributed by atoms with Gasteiger partial charge in [-0.1, -0.05) is 18.2 Å². The average Bonchev–Trinajstić information content (AvgIpc) is 3.07. The van der Waals surface area contributed by atoms with E-state index in [9.17, 15) is 15.0 Å². The van der Waals surface area contributed by atoms with Gasteiger partial charge in [-0.25, -0.2) is 0 Å². The van der Waals surface area contributed by atoms with Crippen molar-refractivity contribution in [1.82, 2.24) is 9.47 Å². The molecule has 1 unspecified atom stereocenters. The van der Waals surface area contributed by atoms with E-state index >= 15 is 0 Å². The van der Waals surface area contributed by atoms with Gasteiger partial charge in [-0.2, -0.15) is 0 Å². The van der Waals surface area contributed by atoms with Crippen LogP contribution in [0.15, 0.2) is 72.9 Å². The van der Waals surface area contributed by atoms with Crippen LogP contribution in [0.1, 0.15) is 44.2 Å². The molecular formula is C32H34N2O5. The number of allylic oxidation sites excluding steroid dienone is 1. The van der Waals surface area contributed by atoms with Crippen molar-refractivity contribution in [3.05, 3.63) is 84.1 Å². The molecule has 3 aromatic carbocycles. The van der Waals surface area contributed by atoms with Crippen molar-refractivity contribution in [2.75, 3.05) is 6.54 Å². The Morgan fingerprint density at radius 3 is 2.46 bits per heavy atom. The molecule has 0 amide bonds. The lowest BCUT2D eigenvalue weighted by atomic mass is 10.1. The van der Waals surface area contributed by atoms with Gasteiger partial charge in [0.2, 0.25) is 0 Å². The monoisotopic (exact) mass is 526 g/mol. The number of hydrogen-bond donors (Lipinski definition) is 2. The molecule has 0 saturated carbocycles. The number of aryl methyl sites for hydroxylation is 1. The standard InChI is InChI=1S/C32H34N2O5/c1-21-30-28(16-17-29(37)32(30)39-23(3)35)34(31(21)25-10-12-26(36)13-11-25)20-24-8-14-27(15-9-24)38-22(2)33-18-6-4-5-7-19-33/h6,8-18,22,36-37H,4-5,7,19-20H2,1-3H3. The summed E-state index contributed by atoms with van der Waals surface area (Å²) < 4.78 is 13.8. The van der Waals surface area contributed by atoms with E-state index in [2.05, 4.69) is 40.8 Å². The smallest absolute Gasteiger partial charge is 0.308 e. The van der Waals surface area contributed by atoms with Crippen LogP contribution in [0.3, 0.4) is 0 Å². The summed E-state index contributed by atoms with van der Waals surface area (Å²) in [6.07, 6.45) is 7.75. The van der Waals surface area contributed by atoms with Gasteiger partial charge in [0.15, 0.2) is 17.7 Å². The number of nitrogens with zero attached hydrogens (tertiary/aromatic N) is 2. The highest BCUT2D eigenvalue weighted by Gasteiger charge is 2.22. The van der Waals surface area contributed by atoms with Gasteiger partial charge in [0.1, 0.15) is 11.5 Å². The van der Waals surface area contributed by atoms with Crippen LogP contribution in [0.2, 0.25) is 0 Å². The van der Waals surface area contributed by atoms with E-state index in [-0.39, 0.29) is 23.5 Å². The number of benzene rings is 3. The first kappa shape index (κ1) is 26.2. The Balaban J connectivity index is 1.50. The minimum atomic E-state index is -0.503. The minimum Gasteiger partial charge on any atom is -0.508 e. The predicted octanol–water partition coefficient (Wildman–Crippen LogP) is 6.73. The quantitative estimate of drug-likeness (QED) is 0.205. The molecule has 1 aromatic heterocycles. The Hall–Kier alpha value is -4.39. The Morgan fingerprint density at radius 1 is 1.00 bits per heavy atom. The number of esters is 1. The van der Waals surface area contributed by atoms with Crippen molar-refractivity contribution >= 4 is 16.9 Å². The number of carbonyl (C=O) groups is 1. The summed E-state index contributed by atoms with van der Waals surface area (Å²) >= 11 is 0. The number of hydrogen-bond acceptors (Lipinski definition) is 6. The van der Waals surface area contributed by atoms with Crippen LogP contribution in [-0.4, -0.2) is 38.4 Å². The maximum Gasteiger partial charge on any atom is 0.308 e. The lowest BCUT2D eigenvalue weighted by Gasteiger charge is -2.27. The second kappa shape index (κ2) is 11.2. The molecule has 7 nitrogen and oxygen atoms in total. The zero-order valence-corrected chi connectivity index (χ0v) is 22.6. The summed E-state index contributed by atoms with van der Waals surface area (Å²) in [5, 5.41) is 21.1. The second-order valence-corrected chi connectivity index (χ2v) is 9.99. The molecule has 5 rings (SSSR count). The van der Waals surface area contributed by atoms with Crippen molar-refractivity contribution in [3.63, 3.8) is 0 Å². The van der Waals surface area contributed by atoms with Crippen LogP contribution < -0.4 is 9.47 Å². The summed E-state index contributed by atoms with van der Waals surface area (Å²) in [6, 6.07) is 18.5.